The topological polar surface area (TPSA) is 126 Å². The van der Waals surface area contributed by atoms with E-state index in [1.54, 1.807) is 0 Å². The van der Waals surface area contributed by atoms with E-state index >= 15 is 0 Å². The lowest BCUT2D eigenvalue weighted by atomic mass is 9.72. The summed E-state index contributed by atoms with van der Waals surface area (Å²) in [7, 11) is 0. The number of hydrogen-bond donors (Lipinski definition) is 4. The predicted octanol–water partition coefficient (Wildman–Crippen LogP) is 0.680. The van der Waals surface area contributed by atoms with Gasteiger partial charge < -0.3 is 16.5 Å². The molecule has 0 aliphatic heterocycles. The third kappa shape index (κ3) is 2.29. The van der Waals surface area contributed by atoms with Crippen molar-refractivity contribution >= 4 is 17.1 Å². The van der Waals surface area contributed by atoms with Crippen LogP contribution in [-0.4, -0.2) is 26.5 Å². The molecule has 2 aromatic heterocycles. The molecule has 0 spiro atoms. The molecule has 0 atom stereocenters. The second kappa shape index (κ2) is 4.90. The van der Waals surface area contributed by atoms with Gasteiger partial charge in [0.2, 0.25) is 5.95 Å². The van der Waals surface area contributed by atoms with E-state index in [0.29, 0.717) is 17.7 Å². The summed E-state index contributed by atoms with van der Waals surface area (Å²) in [6.07, 6.45) is 6.70. The number of aromatic amines is 2. The quantitative estimate of drug-likeness (QED) is 0.655. The molecule has 0 radical (unpaired) electrons. The van der Waals surface area contributed by atoms with E-state index in [2.05, 4.69) is 19.9 Å². The van der Waals surface area contributed by atoms with Crippen molar-refractivity contribution in [2.45, 2.75) is 38.5 Å². The molecule has 1 aliphatic rings. The lowest BCUT2D eigenvalue weighted by molar-refractivity contribution is 0.194. The van der Waals surface area contributed by atoms with Crippen LogP contribution in [0.25, 0.3) is 11.2 Å². The number of nitrogens with two attached hydrogens (primary N) is 2. The number of nitrogens with one attached hydrogen (secondary N) is 2. The third-order valence-corrected chi connectivity index (χ3v) is 4.32. The van der Waals surface area contributed by atoms with Crippen molar-refractivity contribution in [1.29, 1.82) is 0 Å². The second-order valence-corrected chi connectivity index (χ2v) is 5.77. The molecule has 0 unspecified atom stereocenters. The van der Waals surface area contributed by atoms with E-state index in [1.165, 1.54) is 19.3 Å². The zero-order valence-electron chi connectivity index (χ0n) is 11.4. The van der Waals surface area contributed by atoms with Crippen molar-refractivity contribution in [2.75, 3.05) is 12.3 Å². The van der Waals surface area contributed by atoms with Gasteiger partial charge in [0.15, 0.2) is 11.2 Å². The Morgan fingerprint density at radius 1 is 1.15 bits per heavy atom. The van der Waals surface area contributed by atoms with Gasteiger partial charge in [-0.25, -0.2) is 4.98 Å². The first-order valence-electron chi connectivity index (χ1n) is 7.06. The highest BCUT2D eigenvalue weighted by Crippen LogP contribution is 2.37. The first kappa shape index (κ1) is 13.1. The Hall–Kier alpha value is -1.89. The van der Waals surface area contributed by atoms with E-state index in [-0.39, 0.29) is 16.9 Å². The molecule has 1 saturated carbocycles. The Morgan fingerprint density at radius 2 is 1.90 bits per heavy atom. The zero-order valence-corrected chi connectivity index (χ0v) is 11.4. The first-order valence-corrected chi connectivity index (χ1v) is 7.06. The van der Waals surface area contributed by atoms with E-state index in [4.69, 9.17) is 11.5 Å². The molecule has 7 nitrogen and oxygen atoms in total. The van der Waals surface area contributed by atoms with Crippen LogP contribution in [0.4, 0.5) is 5.95 Å². The lowest BCUT2D eigenvalue weighted by Crippen LogP contribution is -2.35. The minimum absolute atomic E-state index is 0.0896. The minimum Gasteiger partial charge on any atom is -0.369 e. The molecule has 3 rings (SSSR count). The number of aromatic nitrogens is 4. The van der Waals surface area contributed by atoms with Gasteiger partial charge in [-0.05, 0) is 24.8 Å². The van der Waals surface area contributed by atoms with Crippen LogP contribution < -0.4 is 17.0 Å². The van der Waals surface area contributed by atoms with Crippen molar-refractivity contribution in [3.8, 4) is 0 Å². The molecule has 1 fully saturated rings. The van der Waals surface area contributed by atoms with Crippen LogP contribution in [0, 0.1) is 5.41 Å². The Labute approximate surface area is 116 Å². The molecule has 20 heavy (non-hydrogen) atoms. The average Bonchev–Trinajstić information content (AvgIpc) is 2.82. The summed E-state index contributed by atoms with van der Waals surface area (Å²) in [5.74, 6) is 0.864. The number of anilines is 1. The van der Waals surface area contributed by atoms with Crippen molar-refractivity contribution in [2.24, 2.45) is 11.1 Å². The molecule has 0 saturated heterocycles. The number of nitrogen functional groups attached to an aromatic ring is 1. The van der Waals surface area contributed by atoms with E-state index in [0.717, 1.165) is 25.1 Å². The summed E-state index contributed by atoms with van der Waals surface area (Å²) in [6.45, 7) is 0.649. The van der Waals surface area contributed by atoms with Crippen molar-refractivity contribution in [3.05, 3.63) is 16.2 Å². The van der Waals surface area contributed by atoms with Crippen LogP contribution in [0.1, 0.15) is 37.9 Å². The molecule has 0 amide bonds. The van der Waals surface area contributed by atoms with Crippen LogP contribution in [0.3, 0.4) is 0 Å². The van der Waals surface area contributed by atoms with E-state index in [9.17, 15) is 4.79 Å². The fraction of sp³-hybridized carbons (Fsp3) is 0.615. The number of hydrogen-bond acceptors (Lipinski definition) is 5. The first-order chi connectivity index (χ1) is 9.62. The number of nitrogens with zero attached hydrogens (tertiary/aromatic N) is 2. The molecule has 6 N–H and O–H groups in total. The Kier molecular flexibility index (Phi) is 3.21. The second-order valence-electron chi connectivity index (χ2n) is 5.77. The van der Waals surface area contributed by atoms with Gasteiger partial charge >= 0.3 is 0 Å². The molecule has 108 valence electrons. The summed E-state index contributed by atoms with van der Waals surface area (Å²) in [5, 5.41) is 0. The Balaban J connectivity index is 1.94. The maximum absolute atomic E-state index is 11.8. The standard InChI is InChI=1S/C13H20N6O/c14-7-13(4-2-1-3-5-13)6-8-16-9-10(17-8)18-12(15)19-11(9)20/h1-7,14H2,(H4,15,16,17,18,19,20). The molecule has 0 aromatic carbocycles. The van der Waals surface area contributed by atoms with Gasteiger partial charge in [-0.2, -0.15) is 4.98 Å². The number of fused-ring (bicyclic) bond motifs is 1. The maximum atomic E-state index is 11.8. The normalized spacial score (nSPS) is 18.4. The summed E-state index contributed by atoms with van der Waals surface area (Å²) in [6, 6.07) is 0. The van der Waals surface area contributed by atoms with Gasteiger partial charge in [0.1, 0.15) is 5.82 Å². The predicted molar refractivity (Wildman–Crippen MR) is 77.2 cm³/mol. The molecule has 1 aliphatic carbocycles. The fourth-order valence-electron chi connectivity index (χ4n) is 3.17. The van der Waals surface area contributed by atoms with Gasteiger partial charge in [0.25, 0.3) is 5.56 Å². The van der Waals surface area contributed by atoms with Crippen molar-refractivity contribution < 1.29 is 0 Å². The highest BCUT2D eigenvalue weighted by molar-refractivity contribution is 5.70. The minimum atomic E-state index is -0.281. The Morgan fingerprint density at radius 3 is 2.60 bits per heavy atom. The summed E-state index contributed by atoms with van der Waals surface area (Å²) in [5.41, 5.74) is 12.1. The van der Waals surface area contributed by atoms with Crippen LogP contribution in [-0.2, 0) is 6.42 Å². The molecular weight excluding hydrogens is 256 g/mol. The monoisotopic (exact) mass is 276 g/mol. The van der Waals surface area contributed by atoms with Crippen LogP contribution in [0.5, 0.6) is 0 Å². The molecular formula is C13H20N6O. The van der Waals surface area contributed by atoms with Crippen LogP contribution in [0.15, 0.2) is 4.79 Å². The average molecular weight is 276 g/mol. The third-order valence-electron chi connectivity index (χ3n) is 4.32. The van der Waals surface area contributed by atoms with Crippen molar-refractivity contribution in [1.82, 2.24) is 19.9 Å². The summed E-state index contributed by atoms with van der Waals surface area (Å²) >= 11 is 0. The van der Waals surface area contributed by atoms with Crippen LogP contribution >= 0.6 is 0 Å². The number of imidazole rings is 1. The van der Waals surface area contributed by atoms with Gasteiger partial charge in [-0.3, -0.25) is 9.78 Å². The SMILES string of the molecule is NCC1(Cc2nc3nc(N)[nH]c(=O)c3[nH]2)CCCCC1. The maximum Gasteiger partial charge on any atom is 0.278 e. The van der Waals surface area contributed by atoms with E-state index < -0.39 is 0 Å². The van der Waals surface area contributed by atoms with Gasteiger partial charge in [0.05, 0.1) is 0 Å². The van der Waals surface area contributed by atoms with Crippen LogP contribution in [0.2, 0.25) is 0 Å². The molecule has 0 bridgehead atoms. The van der Waals surface area contributed by atoms with Crippen molar-refractivity contribution in [3.63, 3.8) is 0 Å². The summed E-state index contributed by atoms with van der Waals surface area (Å²) < 4.78 is 0. The lowest BCUT2D eigenvalue weighted by Gasteiger charge is -2.35. The van der Waals surface area contributed by atoms with Gasteiger partial charge in [-0.15, -0.1) is 0 Å². The molecule has 7 heteroatoms. The molecule has 2 aromatic rings. The largest absolute Gasteiger partial charge is 0.369 e. The van der Waals surface area contributed by atoms with Gasteiger partial charge in [0, 0.05) is 6.42 Å². The fourth-order valence-corrected chi connectivity index (χ4v) is 3.17. The zero-order chi connectivity index (χ0) is 14.2. The van der Waals surface area contributed by atoms with Gasteiger partial charge in [-0.1, -0.05) is 19.3 Å². The molecule has 2 heterocycles. The number of H-pyrrole nitrogens is 2. The summed E-state index contributed by atoms with van der Waals surface area (Å²) in [4.78, 5) is 25.8. The smallest absolute Gasteiger partial charge is 0.278 e. The highest BCUT2D eigenvalue weighted by atomic mass is 16.1. The number of rotatable bonds is 3. The Bertz CT molecular complexity index is 667. The van der Waals surface area contributed by atoms with E-state index in [1.807, 2.05) is 0 Å². The highest BCUT2D eigenvalue weighted by Gasteiger charge is 2.32.